The van der Waals surface area contributed by atoms with Gasteiger partial charge < -0.3 is 10.1 Å². The van der Waals surface area contributed by atoms with Crippen molar-refractivity contribution < 1.29 is 14.3 Å². The SMILES string of the molecule is CC[C@H](C)n1nccc1NC(=O)[C@H](C)OC(=O)c1c2c(nc3ccccc13)CCC2. The average molecular weight is 406 g/mol. The minimum absolute atomic E-state index is 0.152. The van der Waals surface area contributed by atoms with Crippen molar-refractivity contribution in [2.75, 3.05) is 5.32 Å². The molecule has 0 saturated heterocycles. The molecule has 7 heteroatoms. The van der Waals surface area contributed by atoms with E-state index in [0.29, 0.717) is 11.4 Å². The minimum Gasteiger partial charge on any atom is -0.449 e. The van der Waals surface area contributed by atoms with Gasteiger partial charge in [-0.1, -0.05) is 25.1 Å². The van der Waals surface area contributed by atoms with Crippen molar-refractivity contribution in [3.63, 3.8) is 0 Å². The van der Waals surface area contributed by atoms with Crippen LogP contribution in [0.3, 0.4) is 0 Å². The highest BCUT2D eigenvalue weighted by Crippen LogP contribution is 2.30. The van der Waals surface area contributed by atoms with Crippen molar-refractivity contribution in [2.24, 2.45) is 0 Å². The Balaban J connectivity index is 1.55. The molecule has 156 valence electrons. The van der Waals surface area contributed by atoms with Crippen LogP contribution >= 0.6 is 0 Å². The van der Waals surface area contributed by atoms with E-state index in [2.05, 4.69) is 17.3 Å². The number of nitrogens with zero attached hydrogens (tertiary/aromatic N) is 3. The van der Waals surface area contributed by atoms with Crippen molar-refractivity contribution in [2.45, 2.75) is 58.6 Å². The molecule has 1 N–H and O–H groups in total. The Kier molecular flexibility index (Phi) is 5.53. The Bertz CT molecular complexity index is 1110. The predicted octanol–water partition coefficient (Wildman–Crippen LogP) is 4.08. The number of para-hydroxylation sites is 1. The van der Waals surface area contributed by atoms with E-state index in [-0.39, 0.29) is 11.9 Å². The summed E-state index contributed by atoms with van der Waals surface area (Å²) in [6.07, 6.45) is 4.21. The van der Waals surface area contributed by atoms with Crippen LogP contribution in [0.5, 0.6) is 0 Å². The molecule has 0 fully saturated rings. The number of pyridine rings is 1. The number of anilines is 1. The Morgan fingerprint density at radius 1 is 1.20 bits per heavy atom. The van der Waals surface area contributed by atoms with Gasteiger partial charge in [0.25, 0.3) is 5.91 Å². The molecule has 0 unspecified atom stereocenters. The molecular formula is C23H26N4O3. The van der Waals surface area contributed by atoms with Gasteiger partial charge in [0.05, 0.1) is 23.3 Å². The first-order chi connectivity index (χ1) is 14.5. The topological polar surface area (TPSA) is 86.1 Å². The largest absolute Gasteiger partial charge is 0.449 e. The summed E-state index contributed by atoms with van der Waals surface area (Å²) in [5, 5.41) is 7.86. The quantitative estimate of drug-likeness (QED) is 0.624. The van der Waals surface area contributed by atoms with Gasteiger partial charge in [-0.2, -0.15) is 5.10 Å². The van der Waals surface area contributed by atoms with E-state index < -0.39 is 12.1 Å². The molecule has 0 saturated carbocycles. The summed E-state index contributed by atoms with van der Waals surface area (Å²) in [4.78, 5) is 30.5. The fourth-order valence-corrected chi connectivity index (χ4v) is 3.88. The van der Waals surface area contributed by atoms with Crippen molar-refractivity contribution in [3.05, 3.63) is 53.3 Å². The highest BCUT2D eigenvalue weighted by molar-refractivity contribution is 6.06. The van der Waals surface area contributed by atoms with Gasteiger partial charge in [0, 0.05) is 17.1 Å². The lowest BCUT2D eigenvalue weighted by Gasteiger charge is -2.18. The van der Waals surface area contributed by atoms with E-state index >= 15 is 0 Å². The molecule has 1 amide bonds. The number of esters is 1. The molecule has 2 atom stereocenters. The molecule has 1 aromatic carbocycles. The minimum atomic E-state index is -0.943. The fraction of sp³-hybridized carbons (Fsp3) is 0.391. The van der Waals surface area contributed by atoms with Crippen LogP contribution in [0.1, 0.15) is 61.3 Å². The number of aromatic nitrogens is 3. The lowest BCUT2D eigenvalue weighted by molar-refractivity contribution is -0.123. The first-order valence-corrected chi connectivity index (χ1v) is 10.5. The normalized spacial score (nSPS) is 14.9. The highest BCUT2D eigenvalue weighted by Gasteiger charge is 2.27. The summed E-state index contributed by atoms with van der Waals surface area (Å²) >= 11 is 0. The zero-order chi connectivity index (χ0) is 21.3. The number of hydrogen-bond acceptors (Lipinski definition) is 5. The van der Waals surface area contributed by atoms with Gasteiger partial charge in [0.15, 0.2) is 6.10 Å². The van der Waals surface area contributed by atoms with Crippen LogP contribution in [0.15, 0.2) is 36.5 Å². The summed E-state index contributed by atoms with van der Waals surface area (Å²) in [5.74, 6) is -0.277. The number of carbonyl (C=O) groups excluding carboxylic acids is 2. The zero-order valence-electron chi connectivity index (χ0n) is 17.5. The zero-order valence-corrected chi connectivity index (χ0v) is 17.5. The van der Waals surface area contributed by atoms with Crippen LogP contribution in [0.2, 0.25) is 0 Å². The van der Waals surface area contributed by atoms with E-state index in [1.54, 1.807) is 23.9 Å². The van der Waals surface area contributed by atoms with Crippen molar-refractivity contribution >= 4 is 28.6 Å². The first kappa shape index (κ1) is 20.1. The summed E-state index contributed by atoms with van der Waals surface area (Å²) in [7, 11) is 0. The number of carbonyl (C=O) groups is 2. The lowest BCUT2D eigenvalue weighted by atomic mass is 10.0. The molecule has 7 nitrogen and oxygen atoms in total. The Morgan fingerprint density at radius 3 is 2.80 bits per heavy atom. The number of ether oxygens (including phenoxy) is 1. The maximum absolute atomic E-state index is 13.1. The summed E-state index contributed by atoms with van der Waals surface area (Å²) in [5.41, 5.74) is 3.22. The van der Waals surface area contributed by atoms with Gasteiger partial charge in [-0.15, -0.1) is 0 Å². The van der Waals surface area contributed by atoms with E-state index in [1.807, 2.05) is 31.2 Å². The molecule has 0 radical (unpaired) electrons. The number of rotatable bonds is 6. The van der Waals surface area contributed by atoms with Crippen LogP contribution in [-0.4, -0.2) is 32.7 Å². The average Bonchev–Trinajstić information content (AvgIpc) is 3.40. The van der Waals surface area contributed by atoms with Crippen molar-refractivity contribution in [3.8, 4) is 0 Å². The Labute approximate surface area is 175 Å². The number of benzene rings is 1. The molecule has 0 bridgehead atoms. The van der Waals surface area contributed by atoms with E-state index in [4.69, 9.17) is 9.72 Å². The van der Waals surface area contributed by atoms with Gasteiger partial charge >= 0.3 is 5.97 Å². The molecule has 1 aliphatic rings. The maximum atomic E-state index is 13.1. The van der Waals surface area contributed by atoms with Gasteiger partial charge in [0.1, 0.15) is 5.82 Å². The molecule has 0 aliphatic heterocycles. The Hall–Kier alpha value is -3.22. The molecular weight excluding hydrogens is 380 g/mol. The monoisotopic (exact) mass is 406 g/mol. The molecule has 2 aromatic heterocycles. The van der Waals surface area contributed by atoms with Crippen LogP contribution in [0, 0.1) is 0 Å². The third-order valence-corrected chi connectivity index (χ3v) is 5.71. The van der Waals surface area contributed by atoms with Crippen LogP contribution in [0.25, 0.3) is 10.9 Å². The molecule has 30 heavy (non-hydrogen) atoms. The maximum Gasteiger partial charge on any atom is 0.339 e. The Morgan fingerprint density at radius 2 is 2.00 bits per heavy atom. The lowest BCUT2D eigenvalue weighted by Crippen LogP contribution is -2.31. The van der Waals surface area contributed by atoms with E-state index in [0.717, 1.165) is 47.8 Å². The predicted molar refractivity (Wildman–Crippen MR) is 115 cm³/mol. The standard InChI is InChI=1S/C23H26N4O3/c1-4-14(2)27-20(12-13-24-27)26-22(28)15(3)30-23(29)21-16-8-5-6-10-18(16)25-19-11-7-9-17(19)21/h5-6,8,10,12-15H,4,7,9,11H2,1-3H3,(H,26,28)/t14-,15-/m0/s1. The van der Waals surface area contributed by atoms with Gasteiger partial charge in [-0.25, -0.2) is 9.48 Å². The fourth-order valence-electron chi connectivity index (χ4n) is 3.88. The summed E-state index contributed by atoms with van der Waals surface area (Å²) < 4.78 is 7.36. The molecule has 2 heterocycles. The number of fused-ring (bicyclic) bond motifs is 2. The van der Waals surface area contributed by atoms with Crippen molar-refractivity contribution in [1.29, 1.82) is 0 Å². The third-order valence-electron chi connectivity index (χ3n) is 5.71. The second-order valence-electron chi connectivity index (χ2n) is 7.74. The van der Waals surface area contributed by atoms with Gasteiger partial charge in [-0.05, 0) is 51.2 Å². The van der Waals surface area contributed by atoms with Gasteiger partial charge in [-0.3, -0.25) is 9.78 Å². The second kappa shape index (κ2) is 8.26. The summed E-state index contributed by atoms with van der Waals surface area (Å²) in [6.45, 7) is 5.67. The summed E-state index contributed by atoms with van der Waals surface area (Å²) in [6, 6.07) is 9.46. The molecule has 4 rings (SSSR count). The highest BCUT2D eigenvalue weighted by atomic mass is 16.5. The first-order valence-electron chi connectivity index (χ1n) is 10.5. The number of hydrogen-bond donors (Lipinski definition) is 1. The second-order valence-corrected chi connectivity index (χ2v) is 7.74. The smallest absolute Gasteiger partial charge is 0.339 e. The van der Waals surface area contributed by atoms with E-state index in [9.17, 15) is 9.59 Å². The number of aryl methyl sites for hydroxylation is 1. The van der Waals surface area contributed by atoms with E-state index in [1.165, 1.54) is 0 Å². The molecule has 3 aromatic rings. The number of amides is 1. The number of nitrogens with one attached hydrogen (secondary N) is 1. The van der Waals surface area contributed by atoms with Crippen LogP contribution in [0.4, 0.5) is 5.82 Å². The van der Waals surface area contributed by atoms with Crippen LogP contribution < -0.4 is 5.32 Å². The molecule has 1 aliphatic carbocycles. The molecule has 0 spiro atoms. The third kappa shape index (κ3) is 3.67. The van der Waals surface area contributed by atoms with Gasteiger partial charge in [0.2, 0.25) is 0 Å². The van der Waals surface area contributed by atoms with Crippen molar-refractivity contribution in [1.82, 2.24) is 14.8 Å². The van der Waals surface area contributed by atoms with Crippen LogP contribution in [-0.2, 0) is 22.4 Å².